The van der Waals surface area contributed by atoms with Crippen molar-refractivity contribution in [1.29, 1.82) is 0 Å². The van der Waals surface area contributed by atoms with Crippen molar-refractivity contribution in [3.63, 3.8) is 0 Å². The van der Waals surface area contributed by atoms with Gasteiger partial charge in [-0.25, -0.2) is 4.39 Å². The van der Waals surface area contributed by atoms with Crippen LogP contribution in [0.15, 0.2) is 48.5 Å². The standard InChI is InChI=1S/C25H27ClFN5O4/c1-3-36-25(35)20(28)12-17(30-24(34)22-13-21(31-32-22)23(33)29-2)10-14-4-6-15(7-5-14)18-11-16(26)8-9-19(18)27/h4-9,11,13,17,20H,3,10,12,28H2,1-2H3,(H,29,33)(H,30,34)(H,31,32)/t17-,20-/m1/s1. The van der Waals surface area contributed by atoms with Gasteiger partial charge in [0.05, 0.1) is 6.61 Å². The van der Waals surface area contributed by atoms with Gasteiger partial charge in [-0.1, -0.05) is 35.9 Å². The third kappa shape index (κ3) is 6.89. The third-order valence-electron chi connectivity index (χ3n) is 5.42. The molecule has 2 aromatic carbocycles. The highest BCUT2D eigenvalue weighted by molar-refractivity contribution is 6.30. The summed E-state index contributed by atoms with van der Waals surface area (Å²) in [6.45, 7) is 1.86. The number of carbonyl (C=O) groups excluding carboxylic acids is 3. The molecule has 0 fully saturated rings. The van der Waals surface area contributed by atoms with Gasteiger partial charge in [-0.2, -0.15) is 5.10 Å². The molecule has 0 unspecified atom stereocenters. The van der Waals surface area contributed by atoms with Crippen LogP contribution in [-0.4, -0.2) is 53.7 Å². The largest absolute Gasteiger partial charge is 0.465 e. The molecule has 0 saturated carbocycles. The van der Waals surface area contributed by atoms with E-state index in [0.29, 0.717) is 22.6 Å². The van der Waals surface area contributed by atoms with Gasteiger partial charge in [0.2, 0.25) is 0 Å². The van der Waals surface area contributed by atoms with Crippen molar-refractivity contribution in [3.05, 3.63) is 76.3 Å². The van der Waals surface area contributed by atoms with Crippen molar-refractivity contribution in [2.24, 2.45) is 5.73 Å². The van der Waals surface area contributed by atoms with E-state index in [9.17, 15) is 18.8 Å². The highest BCUT2D eigenvalue weighted by Crippen LogP contribution is 2.26. The summed E-state index contributed by atoms with van der Waals surface area (Å²) in [7, 11) is 1.45. The van der Waals surface area contributed by atoms with Crippen molar-refractivity contribution in [3.8, 4) is 11.1 Å². The molecule has 0 aliphatic carbocycles. The van der Waals surface area contributed by atoms with Crippen LogP contribution in [0.25, 0.3) is 11.1 Å². The first-order chi connectivity index (χ1) is 17.2. The molecule has 36 heavy (non-hydrogen) atoms. The summed E-state index contributed by atoms with van der Waals surface area (Å²) in [6, 6.07) is 11.2. The van der Waals surface area contributed by atoms with E-state index in [-0.39, 0.29) is 24.4 Å². The maximum absolute atomic E-state index is 14.2. The zero-order chi connectivity index (χ0) is 26.2. The van der Waals surface area contributed by atoms with Crippen molar-refractivity contribution in [2.45, 2.75) is 31.8 Å². The minimum atomic E-state index is -0.960. The van der Waals surface area contributed by atoms with E-state index in [0.717, 1.165) is 5.56 Å². The third-order valence-corrected chi connectivity index (χ3v) is 5.66. The Morgan fingerprint density at radius 3 is 2.53 bits per heavy atom. The number of amides is 2. The summed E-state index contributed by atoms with van der Waals surface area (Å²) < 4.78 is 19.2. The Balaban J connectivity index is 1.78. The van der Waals surface area contributed by atoms with Crippen LogP contribution in [0.2, 0.25) is 5.02 Å². The zero-order valence-corrected chi connectivity index (χ0v) is 20.6. The molecule has 3 rings (SSSR count). The van der Waals surface area contributed by atoms with Crippen molar-refractivity contribution in [2.75, 3.05) is 13.7 Å². The lowest BCUT2D eigenvalue weighted by Crippen LogP contribution is -2.44. The molecule has 0 bridgehead atoms. The summed E-state index contributed by atoms with van der Waals surface area (Å²) in [4.78, 5) is 36.7. The highest BCUT2D eigenvalue weighted by Gasteiger charge is 2.24. The monoisotopic (exact) mass is 515 g/mol. The molecule has 1 heterocycles. The van der Waals surface area contributed by atoms with Gasteiger partial charge in [0.1, 0.15) is 17.6 Å². The summed E-state index contributed by atoms with van der Waals surface area (Å²) in [5.74, 6) is -1.93. The number of aromatic nitrogens is 2. The number of halogens is 2. The molecular formula is C25H27ClFN5O4. The lowest BCUT2D eigenvalue weighted by atomic mass is 9.97. The first-order valence-corrected chi connectivity index (χ1v) is 11.6. The predicted molar refractivity (Wildman–Crippen MR) is 133 cm³/mol. The second-order valence-electron chi connectivity index (χ2n) is 8.04. The smallest absolute Gasteiger partial charge is 0.322 e. The van der Waals surface area contributed by atoms with E-state index in [1.165, 1.54) is 25.2 Å². The van der Waals surface area contributed by atoms with Crippen molar-refractivity contribution >= 4 is 29.4 Å². The van der Waals surface area contributed by atoms with Gasteiger partial charge in [0, 0.05) is 29.7 Å². The number of hydrogen-bond acceptors (Lipinski definition) is 6. The molecule has 0 aliphatic rings. The summed E-state index contributed by atoms with van der Waals surface area (Å²) in [5, 5.41) is 12.0. The number of hydrogen-bond donors (Lipinski definition) is 4. The van der Waals surface area contributed by atoms with Crippen molar-refractivity contribution in [1.82, 2.24) is 20.8 Å². The van der Waals surface area contributed by atoms with Crippen LogP contribution >= 0.6 is 11.6 Å². The minimum Gasteiger partial charge on any atom is -0.465 e. The quantitative estimate of drug-likeness (QED) is 0.306. The molecule has 0 aliphatic heterocycles. The molecule has 0 radical (unpaired) electrons. The Hall–Kier alpha value is -3.76. The van der Waals surface area contributed by atoms with Crippen molar-refractivity contribution < 1.29 is 23.5 Å². The van der Waals surface area contributed by atoms with Crippen LogP contribution in [-0.2, 0) is 16.0 Å². The lowest BCUT2D eigenvalue weighted by molar-refractivity contribution is -0.145. The summed E-state index contributed by atoms with van der Waals surface area (Å²) in [6.07, 6.45) is 0.430. The average Bonchev–Trinajstić information content (AvgIpc) is 3.36. The first kappa shape index (κ1) is 26.8. The molecule has 1 aromatic heterocycles. The molecule has 2 amide bonds. The van der Waals surface area contributed by atoms with Gasteiger partial charge < -0.3 is 21.1 Å². The average molecular weight is 516 g/mol. The van der Waals surface area contributed by atoms with Crippen LogP contribution in [0.5, 0.6) is 0 Å². The first-order valence-electron chi connectivity index (χ1n) is 11.3. The van der Waals surface area contributed by atoms with Crippen LogP contribution in [0, 0.1) is 5.82 Å². The molecule has 11 heteroatoms. The molecule has 3 aromatic rings. The Morgan fingerprint density at radius 1 is 1.14 bits per heavy atom. The molecular weight excluding hydrogens is 489 g/mol. The van der Waals surface area contributed by atoms with E-state index >= 15 is 0 Å². The zero-order valence-electron chi connectivity index (χ0n) is 19.8. The van der Waals surface area contributed by atoms with Gasteiger partial charge in [0.15, 0.2) is 5.69 Å². The summed E-state index contributed by atoms with van der Waals surface area (Å²) in [5.41, 5.74) is 7.98. The molecule has 0 saturated heterocycles. The number of aromatic amines is 1. The van der Waals surface area contributed by atoms with Gasteiger partial charge in [-0.05, 0) is 49.1 Å². The Labute approximate surface area is 212 Å². The van der Waals surface area contributed by atoms with E-state index < -0.39 is 35.7 Å². The Morgan fingerprint density at radius 2 is 1.86 bits per heavy atom. The number of ether oxygens (including phenoxy) is 1. The van der Waals surface area contributed by atoms with Gasteiger partial charge in [-0.15, -0.1) is 0 Å². The topological polar surface area (TPSA) is 139 Å². The maximum Gasteiger partial charge on any atom is 0.322 e. The van der Waals surface area contributed by atoms with Crippen LogP contribution in [0.4, 0.5) is 4.39 Å². The molecule has 9 nitrogen and oxygen atoms in total. The second-order valence-corrected chi connectivity index (χ2v) is 8.47. The SMILES string of the molecule is CCOC(=O)[C@H](N)C[C@@H](Cc1ccc(-c2cc(Cl)ccc2F)cc1)NC(=O)c1cc(C(=O)NC)n[nH]1. The fourth-order valence-electron chi connectivity index (χ4n) is 3.61. The number of H-pyrrole nitrogens is 1. The fraction of sp³-hybridized carbons (Fsp3) is 0.280. The predicted octanol–water partition coefficient (Wildman–Crippen LogP) is 2.85. The second kappa shape index (κ2) is 12.3. The van der Waals surface area contributed by atoms with Gasteiger partial charge in [-0.3, -0.25) is 19.5 Å². The van der Waals surface area contributed by atoms with E-state index in [1.807, 2.05) is 0 Å². The van der Waals surface area contributed by atoms with Gasteiger partial charge >= 0.3 is 5.97 Å². The van der Waals surface area contributed by atoms with Crippen LogP contribution in [0.1, 0.15) is 39.9 Å². The van der Waals surface area contributed by atoms with Crippen LogP contribution < -0.4 is 16.4 Å². The van der Waals surface area contributed by atoms with E-state index in [2.05, 4.69) is 20.8 Å². The van der Waals surface area contributed by atoms with Gasteiger partial charge in [0.25, 0.3) is 11.8 Å². The number of nitrogens with two attached hydrogens (primary N) is 1. The minimum absolute atomic E-state index is 0.0614. The number of carbonyl (C=O) groups is 3. The Kier molecular flexibility index (Phi) is 9.15. The maximum atomic E-state index is 14.2. The number of rotatable bonds is 10. The number of nitrogens with zero attached hydrogens (tertiary/aromatic N) is 1. The number of esters is 1. The lowest BCUT2D eigenvalue weighted by Gasteiger charge is -2.21. The van der Waals surface area contributed by atoms with E-state index in [4.69, 9.17) is 22.1 Å². The van der Waals surface area contributed by atoms with E-state index in [1.54, 1.807) is 37.3 Å². The number of benzene rings is 2. The fourth-order valence-corrected chi connectivity index (χ4v) is 3.79. The molecule has 5 N–H and O–H groups in total. The van der Waals surface area contributed by atoms with Crippen LogP contribution in [0.3, 0.4) is 0 Å². The highest BCUT2D eigenvalue weighted by atomic mass is 35.5. The number of nitrogens with one attached hydrogen (secondary N) is 3. The summed E-state index contributed by atoms with van der Waals surface area (Å²) >= 11 is 6.00. The molecule has 0 spiro atoms. The normalized spacial score (nSPS) is 12.5. The molecule has 190 valence electrons. The Bertz CT molecular complexity index is 1230. The molecule has 2 atom stereocenters.